The van der Waals surface area contributed by atoms with E-state index in [1.807, 2.05) is 61.5 Å². The van der Waals surface area contributed by atoms with Gasteiger partial charge in [0, 0.05) is 5.69 Å². The quantitative estimate of drug-likeness (QED) is 0.856. The number of hydrogen-bond donors (Lipinski definition) is 2. The van der Waals surface area contributed by atoms with Crippen molar-refractivity contribution in [2.45, 2.75) is 44.7 Å². The maximum atomic E-state index is 12.3. The van der Waals surface area contributed by atoms with Crippen molar-refractivity contribution >= 4 is 11.6 Å². The van der Waals surface area contributed by atoms with Gasteiger partial charge < -0.3 is 15.4 Å². The normalized spacial score (nSPS) is 15.9. The topological polar surface area (TPSA) is 54.9 Å². The Morgan fingerprint density at radius 3 is 2.33 bits per heavy atom. The number of quaternary nitrogens is 1. The van der Waals surface area contributed by atoms with Crippen LogP contribution in [0.25, 0.3) is 0 Å². The van der Waals surface area contributed by atoms with Crippen LogP contribution < -0.4 is 15.4 Å². The van der Waals surface area contributed by atoms with E-state index in [-0.39, 0.29) is 11.9 Å². The van der Waals surface area contributed by atoms with Crippen molar-refractivity contribution in [1.82, 2.24) is 0 Å². The molecule has 1 aliphatic carbocycles. The number of ether oxygens (including phenoxy) is 1. The molecule has 0 heterocycles. The molecule has 3 rings (SSSR count). The maximum Gasteiger partial charge on any atom is 0.282 e. The van der Waals surface area contributed by atoms with Crippen molar-refractivity contribution in [3.8, 4) is 11.5 Å². The van der Waals surface area contributed by atoms with Crippen molar-refractivity contribution in [2.75, 3.05) is 5.32 Å². The molecular formula is C20H25N2O2+. The second-order valence-electron chi connectivity index (χ2n) is 6.45. The summed E-state index contributed by atoms with van der Waals surface area (Å²) in [6.07, 6.45) is 5.03. The average molecular weight is 325 g/mol. The van der Waals surface area contributed by atoms with Crippen LogP contribution >= 0.6 is 0 Å². The first-order valence-corrected chi connectivity index (χ1v) is 8.69. The van der Waals surface area contributed by atoms with E-state index < -0.39 is 0 Å². The number of benzene rings is 2. The third kappa shape index (κ3) is 4.59. The van der Waals surface area contributed by atoms with E-state index in [0.717, 1.165) is 17.2 Å². The Bertz CT molecular complexity index is 649. The molecule has 1 saturated carbocycles. The third-order valence-electron chi connectivity index (χ3n) is 4.47. The second kappa shape index (κ2) is 7.97. The summed E-state index contributed by atoms with van der Waals surface area (Å²) in [7, 11) is 0. The summed E-state index contributed by atoms with van der Waals surface area (Å²) in [4.78, 5) is 12.3. The smallest absolute Gasteiger partial charge is 0.282 e. The van der Waals surface area contributed by atoms with E-state index in [4.69, 9.17) is 4.74 Å². The Morgan fingerprint density at radius 1 is 1.04 bits per heavy atom. The standard InChI is InChI=1S/C20H24N2O2/c1-15(21-16-7-5-6-8-16)20(23)22-17-11-13-19(14-12-17)24-18-9-3-2-4-10-18/h2-4,9-16,21H,5-8H2,1H3,(H,22,23)/p+1/t15-/m1/s1. The lowest BCUT2D eigenvalue weighted by Crippen LogP contribution is -2.95. The molecule has 0 radical (unpaired) electrons. The van der Waals surface area contributed by atoms with Gasteiger partial charge in [0.25, 0.3) is 5.91 Å². The average Bonchev–Trinajstić information content (AvgIpc) is 3.10. The number of nitrogens with two attached hydrogens (primary N) is 1. The number of rotatable bonds is 6. The number of carbonyl (C=O) groups excluding carboxylic acids is 1. The fourth-order valence-corrected chi connectivity index (χ4v) is 3.13. The highest BCUT2D eigenvalue weighted by atomic mass is 16.5. The molecule has 2 aromatic rings. The van der Waals surface area contributed by atoms with Gasteiger partial charge in [-0.05, 0) is 69.0 Å². The highest BCUT2D eigenvalue weighted by Crippen LogP contribution is 2.22. The molecule has 24 heavy (non-hydrogen) atoms. The van der Waals surface area contributed by atoms with Gasteiger partial charge in [-0.15, -0.1) is 0 Å². The summed E-state index contributed by atoms with van der Waals surface area (Å²) in [5, 5.41) is 5.18. The van der Waals surface area contributed by atoms with Crippen molar-refractivity contribution < 1.29 is 14.8 Å². The van der Waals surface area contributed by atoms with E-state index in [1.54, 1.807) is 0 Å². The van der Waals surface area contributed by atoms with Crippen molar-refractivity contribution in [1.29, 1.82) is 0 Å². The molecule has 4 heteroatoms. The summed E-state index contributed by atoms with van der Waals surface area (Å²) in [6, 6.07) is 17.7. The summed E-state index contributed by atoms with van der Waals surface area (Å²) in [6.45, 7) is 1.97. The summed E-state index contributed by atoms with van der Waals surface area (Å²) < 4.78 is 5.76. The van der Waals surface area contributed by atoms with Gasteiger partial charge in [0.2, 0.25) is 0 Å². The minimum Gasteiger partial charge on any atom is -0.457 e. The molecule has 0 bridgehead atoms. The highest BCUT2D eigenvalue weighted by molar-refractivity contribution is 5.93. The van der Waals surface area contributed by atoms with Gasteiger partial charge in [-0.2, -0.15) is 0 Å². The lowest BCUT2D eigenvalue weighted by atomic mass is 10.2. The fraction of sp³-hybridized carbons (Fsp3) is 0.350. The Balaban J connectivity index is 1.52. The second-order valence-corrected chi connectivity index (χ2v) is 6.45. The largest absolute Gasteiger partial charge is 0.457 e. The first-order valence-electron chi connectivity index (χ1n) is 8.69. The molecule has 4 nitrogen and oxygen atoms in total. The molecule has 2 aromatic carbocycles. The Labute approximate surface area is 143 Å². The molecule has 0 aromatic heterocycles. The van der Waals surface area contributed by atoms with Gasteiger partial charge >= 0.3 is 0 Å². The van der Waals surface area contributed by atoms with Crippen molar-refractivity contribution in [2.24, 2.45) is 0 Å². The van der Waals surface area contributed by atoms with Crippen LogP contribution in [-0.2, 0) is 4.79 Å². The molecule has 1 amide bonds. The van der Waals surface area contributed by atoms with Crippen LogP contribution in [0.5, 0.6) is 11.5 Å². The summed E-state index contributed by atoms with van der Waals surface area (Å²) >= 11 is 0. The van der Waals surface area contributed by atoms with Crippen LogP contribution in [0.1, 0.15) is 32.6 Å². The molecule has 126 valence electrons. The fourth-order valence-electron chi connectivity index (χ4n) is 3.13. The summed E-state index contributed by atoms with van der Waals surface area (Å²) in [5.74, 6) is 1.61. The molecule has 1 atom stereocenters. The number of anilines is 1. The van der Waals surface area contributed by atoms with Crippen LogP contribution in [0.15, 0.2) is 54.6 Å². The van der Waals surface area contributed by atoms with Crippen LogP contribution in [0.3, 0.4) is 0 Å². The van der Waals surface area contributed by atoms with E-state index in [0.29, 0.717) is 6.04 Å². The van der Waals surface area contributed by atoms with Gasteiger partial charge in [0.15, 0.2) is 6.04 Å². The van der Waals surface area contributed by atoms with Gasteiger partial charge in [0.1, 0.15) is 11.5 Å². The van der Waals surface area contributed by atoms with Crippen LogP contribution in [0, 0.1) is 0 Å². The molecule has 1 fully saturated rings. The Kier molecular flexibility index (Phi) is 5.49. The first-order chi connectivity index (χ1) is 11.7. The Morgan fingerprint density at radius 2 is 1.67 bits per heavy atom. The van der Waals surface area contributed by atoms with Crippen LogP contribution in [-0.4, -0.2) is 18.0 Å². The van der Waals surface area contributed by atoms with Gasteiger partial charge in [-0.25, -0.2) is 0 Å². The monoisotopic (exact) mass is 325 g/mol. The van der Waals surface area contributed by atoms with Crippen molar-refractivity contribution in [3.63, 3.8) is 0 Å². The van der Waals surface area contributed by atoms with Crippen LogP contribution in [0.4, 0.5) is 5.69 Å². The SMILES string of the molecule is C[C@@H]([NH2+]C1CCCC1)C(=O)Nc1ccc(Oc2ccccc2)cc1. The molecule has 0 spiro atoms. The molecule has 0 saturated heterocycles. The van der Waals surface area contributed by atoms with E-state index in [2.05, 4.69) is 10.6 Å². The van der Waals surface area contributed by atoms with E-state index in [1.165, 1.54) is 25.7 Å². The highest BCUT2D eigenvalue weighted by Gasteiger charge is 2.24. The number of hydrogen-bond acceptors (Lipinski definition) is 2. The molecule has 0 unspecified atom stereocenters. The lowest BCUT2D eigenvalue weighted by molar-refractivity contribution is -0.705. The predicted octanol–water partition coefficient (Wildman–Crippen LogP) is 3.31. The van der Waals surface area contributed by atoms with E-state index in [9.17, 15) is 4.79 Å². The maximum absolute atomic E-state index is 12.3. The minimum atomic E-state index is -0.0617. The molecule has 0 aliphatic heterocycles. The minimum absolute atomic E-state index is 0.0543. The molecular weight excluding hydrogens is 300 g/mol. The van der Waals surface area contributed by atoms with Gasteiger partial charge in [-0.1, -0.05) is 18.2 Å². The zero-order valence-electron chi connectivity index (χ0n) is 14.1. The number of nitrogens with one attached hydrogen (secondary N) is 1. The predicted molar refractivity (Wildman–Crippen MR) is 95.2 cm³/mol. The van der Waals surface area contributed by atoms with Gasteiger partial charge in [0.05, 0.1) is 6.04 Å². The zero-order valence-corrected chi connectivity index (χ0v) is 14.1. The van der Waals surface area contributed by atoms with E-state index >= 15 is 0 Å². The zero-order chi connectivity index (χ0) is 16.8. The first kappa shape index (κ1) is 16.5. The molecule has 1 aliphatic rings. The summed E-state index contributed by atoms with van der Waals surface area (Å²) in [5.41, 5.74) is 0.798. The third-order valence-corrected chi connectivity index (χ3v) is 4.47. The number of amides is 1. The van der Waals surface area contributed by atoms with Crippen molar-refractivity contribution in [3.05, 3.63) is 54.6 Å². The van der Waals surface area contributed by atoms with Crippen LogP contribution in [0.2, 0.25) is 0 Å². The number of para-hydroxylation sites is 1. The molecule has 3 N–H and O–H groups in total. The van der Waals surface area contributed by atoms with Gasteiger partial charge in [-0.3, -0.25) is 4.79 Å². The lowest BCUT2D eigenvalue weighted by Gasteiger charge is -2.15. The number of carbonyl (C=O) groups is 1. The Hall–Kier alpha value is -2.33.